The molecule has 3 rings (SSSR count). The first-order valence-electron chi connectivity index (χ1n) is 13.5. The highest BCUT2D eigenvalue weighted by Crippen LogP contribution is 2.33. The first-order chi connectivity index (χ1) is 19.8. The number of carbonyl (C=O) groups is 2. The van der Waals surface area contributed by atoms with Gasteiger partial charge in [0.05, 0.1) is 24.8 Å². The van der Waals surface area contributed by atoms with Crippen molar-refractivity contribution in [2.75, 3.05) is 25.1 Å². The molecule has 0 heterocycles. The zero-order chi connectivity index (χ0) is 31.1. The molecule has 0 bridgehead atoms. The molecular weight excluding hydrogens is 578 g/mol. The van der Waals surface area contributed by atoms with Gasteiger partial charge in [-0.25, -0.2) is 8.42 Å². The molecule has 0 fully saturated rings. The number of sulfonamides is 1. The van der Waals surface area contributed by atoms with Gasteiger partial charge in [-0.05, 0) is 81.3 Å². The van der Waals surface area contributed by atoms with Crippen LogP contribution in [0.25, 0.3) is 0 Å². The van der Waals surface area contributed by atoms with Crippen LogP contribution in [-0.4, -0.2) is 57.5 Å². The van der Waals surface area contributed by atoms with Crippen molar-refractivity contribution in [1.82, 2.24) is 10.2 Å². The van der Waals surface area contributed by atoms with Gasteiger partial charge in [0, 0.05) is 17.1 Å². The Kier molecular flexibility index (Phi) is 10.9. The maximum Gasteiger partial charge on any atom is 0.264 e. The third kappa shape index (κ3) is 8.17. The molecule has 0 radical (unpaired) electrons. The summed E-state index contributed by atoms with van der Waals surface area (Å²) in [5.74, 6) is -0.152. The molecule has 0 aliphatic carbocycles. The van der Waals surface area contributed by atoms with Gasteiger partial charge in [-0.15, -0.1) is 0 Å². The minimum absolute atomic E-state index is 0.0382. The lowest BCUT2D eigenvalue weighted by molar-refractivity contribution is -0.141. The predicted octanol–water partition coefficient (Wildman–Crippen LogP) is 5.27. The predicted molar refractivity (Wildman–Crippen MR) is 164 cm³/mol. The van der Waals surface area contributed by atoms with E-state index in [9.17, 15) is 18.0 Å². The van der Waals surface area contributed by atoms with Crippen LogP contribution in [0.4, 0.5) is 5.69 Å². The zero-order valence-corrected chi connectivity index (χ0v) is 26.3. The molecular formula is C31H38ClN3O6S. The van der Waals surface area contributed by atoms with E-state index in [1.165, 1.54) is 43.4 Å². The lowest BCUT2D eigenvalue weighted by Crippen LogP contribution is -2.55. The second-order valence-corrected chi connectivity index (χ2v) is 13.0. The van der Waals surface area contributed by atoms with Gasteiger partial charge in [0.2, 0.25) is 11.8 Å². The van der Waals surface area contributed by atoms with Gasteiger partial charge < -0.3 is 19.7 Å². The van der Waals surface area contributed by atoms with Gasteiger partial charge in [-0.1, -0.05) is 42.8 Å². The summed E-state index contributed by atoms with van der Waals surface area (Å²) in [5, 5.41) is 3.48. The molecule has 0 saturated carbocycles. The van der Waals surface area contributed by atoms with Crippen molar-refractivity contribution in [2.45, 2.75) is 57.1 Å². The number of amides is 2. The number of nitrogens with one attached hydrogen (secondary N) is 1. The minimum Gasteiger partial charge on any atom is -0.497 e. The fourth-order valence-electron chi connectivity index (χ4n) is 4.38. The number of methoxy groups -OCH3 is 2. The number of benzene rings is 3. The van der Waals surface area contributed by atoms with Crippen LogP contribution in [0.5, 0.6) is 11.5 Å². The Morgan fingerprint density at radius 1 is 0.929 bits per heavy atom. The van der Waals surface area contributed by atoms with Gasteiger partial charge in [0.25, 0.3) is 10.0 Å². The molecule has 226 valence electrons. The lowest BCUT2D eigenvalue weighted by Gasteiger charge is -2.35. The summed E-state index contributed by atoms with van der Waals surface area (Å²) in [7, 11) is -1.36. The zero-order valence-electron chi connectivity index (χ0n) is 24.8. The van der Waals surface area contributed by atoms with Gasteiger partial charge >= 0.3 is 0 Å². The molecule has 0 aliphatic heterocycles. The van der Waals surface area contributed by atoms with E-state index in [2.05, 4.69) is 5.32 Å². The fourth-order valence-corrected chi connectivity index (χ4v) is 5.93. The maximum atomic E-state index is 14.2. The highest BCUT2D eigenvalue weighted by atomic mass is 35.5. The number of anilines is 1. The van der Waals surface area contributed by atoms with Gasteiger partial charge in [-0.3, -0.25) is 13.9 Å². The number of ether oxygens (including phenoxy) is 2. The molecule has 9 nitrogen and oxygen atoms in total. The second-order valence-electron chi connectivity index (χ2n) is 10.7. The average molecular weight is 616 g/mol. The Balaban J connectivity index is 2.11. The highest BCUT2D eigenvalue weighted by Gasteiger charge is 2.35. The average Bonchev–Trinajstić information content (AvgIpc) is 2.95. The van der Waals surface area contributed by atoms with Crippen molar-refractivity contribution in [3.63, 3.8) is 0 Å². The summed E-state index contributed by atoms with van der Waals surface area (Å²) in [4.78, 5) is 29.0. The highest BCUT2D eigenvalue weighted by molar-refractivity contribution is 7.92. The number of rotatable bonds is 12. The van der Waals surface area contributed by atoms with E-state index in [1.54, 1.807) is 55.5 Å². The Morgan fingerprint density at radius 3 is 2.10 bits per heavy atom. The molecule has 1 atom stereocenters. The summed E-state index contributed by atoms with van der Waals surface area (Å²) >= 11 is 6.08. The van der Waals surface area contributed by atoms with Crippen LogP contribution >= 0.6 is 11.6 Å². The van der Waals surface area contributed by atoms with E-state index in [-0.39, 0.29) is 28.8 Å². The van der Waals surface area contributed by atoms with E-state index >= 15 is 0 Å². The topological polar surface area (TPSA) is 105 Å². The number of hydrogen-bond acceptors (Lipinski definition) is 6. The quantitative estimate of drug-likeness (QED) is 0.297. The first-order valence-corrected chi connectivity index (χ1v) is 15.3. The number of nitrogens with zero attached hydrogens (tertiary/aromatic N) is 2. The molecule has 0 aliphatic rings. The number of halogens is 1. The standard InChI is InChI=1S/C31H38ClN3O6S/c1-7-26(30(37)33-31(2,3)4)34(20-22-12-14-23(32)15-13-22)29(36)21-35(27-10-8-9-11-28(27)41-6)42(38,39)25-18-16-24(40-5)17-19-25/h8-19,26H,7,20-21H2,1-6H3,(H,33,37)/t26-/m0/s1. The molecule has 0 unspecified atom stereocenters. The van der Waals surface area contributed by atoms with Crippen LogP contribution in [0.15, 0.2) is 77.7 Å². The third-order valence-electron chi connectivity index (χ3n) is 6.43. The molecule has 2 amide bonds. The van der Waals surface area contributed by atoms with Crippen molar-refractivity contribution in [2.24, 2.45) is 0 Å². The van der Waals surface area contributed by atoms with Gasteiger partial charge in [0.1, 0.15) is 24.1 Å². The summed E-state index contributed by atoms with van der Waals surface area (Å²) in [6.07, 6.45) is 0.307. The van der Waals surface area contributed by atoms with Gasteiger partial charge in [-0.2, -0.15) is 0 Å². The van der Waals surface area contributed by atoms with Crippen molar-refractivity contribution in [3.8, 4) is 11.5 Å². The lowest BCUT2D eigenvalue weighted by atomic mass is 10.1. The Morgan fingerprint density at radius 2 is 1.55 bits per heavy atom. The third-order valence-corrected chi connectivity index (χ3v) is 8.46. The number of para-hydroxylation sites is 2. The van der Waals surface area contributed by atoms with Crippen molar-refractivity contribution < 1.29 is 27.5 Å². The van der Waals surface area contributed by atoms with E-state index in [0.29, 0.717) is 17.2 Å². The molecule has 11 heteroatoms. The van der Waals surface area contributed by atoms with Crippen molar-refractivity contribution in [1.29, 1.82) is 0 Å². The number of hydrogen-bond donors (Lipinski definition) is 1. The van der Waals surface area contributed by atoms with E-state index in [4.69, 9.17) is 21.1 Å². The number of carbonyl (C=O) groups excluding carboxylic acids is 2. The molecule has 1 N–H and O–H groups in total. The van der Waals surface area contributed by atoms with Crippen LogP contribution in [-0.2, 0) is 26.2 Å². The van der Waals surface area contributed by atoms with Crippen LogP contribution in [0.3, 0.4) is 0 Å². The minimum atomic E-state index is -4.27. The van der Waals surface area contributed by atoms with Gasteiger partial charge in [0.15, 0.2) is 0 Å². The largest absolute Gasteiger partial charge is 0.497 e. The summed E-state index contributed by atoms with van der Waals surface area (Å²) in [6, 6.07) is 18.5. The van der Waals surface area contributed by atoms with E-state index < -0.39 is 34.1 Å². The smallest absolute Gasteiger partial charge is 0.264 e. The normalized spacial score (nSPS) is 12.3. The van der Waals surface area contributed by atoms with E-state index in [1.807, 2.05) is 20.8 Å². The molecule has 0 spiro atoms. The fraction of sp³-hybridized carbons (Fsp3) is 0.355. The van der Waals surface area contributed by atoms with Crippen LogP contribution in [0.1, 0.15) is 39.7 Å². The van der Waals surface area contributed by atoms with Crippen LogP contribution in [0.2, 0.25) is 5.02 Å². The summed E-state index contributed by atoms with van der Waals surface area (Å²) < 4.78 is 39.8. The summed E-state index contributed by atoms with van der Waals surface area (Å²) in [6.45, 7) is 6.85. The van der Waals surface area contributed by atoms with E-state index in [0.717, 1.165) is 9.87 Å². The van der Waals surface area contributed by atoms with Crippen LogP contribution in [0, 0.1) is 0 Å². The Labute approximate surface area is 253 Å². The first kappa shape index (κ1) is 32.8. The SMILES string of the molecule is CC[C@@H](C(=O)NC(C)(C)C)N(Cc1ccc(Cl)cc1)C(=O)CN(c1ccccc1OC)S(=O)(=O)c1ccc(OC)cc1. The molecule has 3 aromatic carbocycles. The Hall–Kier alpha value is -3.76. The molecule has 0 saturated heterocycles. The second kappa shape index (κ2) is 13.9. The summed E-state index contributed by atoms with van der Waals surface area (Å²) in [5.41, 5.74) is 0.375. The van der Waals surface area contributed by atoms with Crippen molar-refractivity contribution in [3.05, 3.63) is 83.4 Å². The molecule has 3 aromatic rings. The maximum absolute atomic E-state index is 14.2. The molecule has 0 aromatic heterocycles. The Bertz CT molecular complexity index is 1470. The van der Waals surface area contributed by atoms with Crippen molar-refractivity contribution >= 4 is 39.1 Å². The van der Waals surface area contributed by atoms with Crippen LogP contribution < -0.4 is 19.1 Å². The monoisotopic (exact) mass is 615 g/mol. The molecule has 42 heavy (non-hydrogen) atoms.